The number of aromatic nitrogens is 1. The Balaban J connectivity index is 1.84. The number of rotatable bonds is 9. The van der Waals surface area contributed by atoms with Crippen LogP contribution >= 0.6 is 0 Å². The topological polar surface area (TPSA) is 71.1 Å². The minimum atomic E-state index is -3.36. The van der Waals surface area contributed by atoms with Gasteiger partial charge in [0.15, 0.2) is 0 Å². The number of benzene rings is 1. The van der Waals surface area contributed by atoms with E-state index in [1.165, 1.54) is 0 Å². The van der Waals surface area contributed by atoms with Crippen molar-refractivity contribution in [3.63, 3.8) is 0 Å². The standard InChI is InChI=1S/C18H25N3O2S/c1-3-15(2)20-18-12-11-17(14-19-18)21-24(22,23)13-7-10-16-8-5-4-6-9-16/h4-6,8-9,11-12,14-15,21H,3,7,10,13H2,1-2H3,(H,19,20). The minimum Gasteiger partial charge on any atom is -0.368 e. The Labute approximate surface area is 144 Å². The molecule has 0 bridgehead atoms. The number of nitrogens with one attached hydrogen (secondary N) is 2. The molecule has 0 amide bonds. The molecule has 1 aromatic carbocycles. The van der Waals surface area contributed by atoms with Crippen LogP contribution in [0.1, 0.15) is 32.3 Å². The van der Waals surface area contributed by atoms with Gasteiger partial charge in [-0.25, -0.2) is 13.4 Å². The van der Waals surface area contributed by atoms with Crippen LogP contribution in [0.4, 0.5) is 11.5 Å². The number of sulfonamides is 1. The molecule has 0 saturated carbocycles. The van der Waals surface area contributed by atoms with Crippen LogP contribution in [0.3, 0.4) is 0 Å². The average Bonchev–Trinajstić information content (AvgIpc) is 2.57. The first kappa shape index (κ1) is 18.3. The van der Waals surface area contributed by atoms with Gasteiger partial charge in [0.2, 0.25) is 10.0 Å². The molecule has 2 aromatic rings. The highest BCUT2D eigenvalue weighted by Gasteiger charge is 2.11. The van der Waals surface area contributed by atoms with Crippen molar-refractivity contribution in [1.29, 1.82) is 0 Å². The van der Waals surface area contributed by atoms with E-state index in [0.717, 1.165) is 24.2 Å². The molecule has 0 saturated heterocycles. The molecule has 1 unspecified atom stereocenters. The summed E-state index contributed by atoms with van der Waals surface area (Å²) >= 11 is 0. The SMILES string of the molecule is CCC(C)Nc1ccc(NS(=O)(=O)CCCc2ccccc2)cn1. The molecule has 0 aliphatic heterocycles. The summed E-state index contributed by atoms with van der Waals surface area (Å²) in [4.78, 5) is 4.24. The van der Waals surface area contributed by atoms with E-state index in [4.69, 9.17) is 0 Å². The zero-order chi connectivity index (χ0) is 17.4. The van der Waals surface area contributed by atoms with Gasteiger partial charge in [0.05, 0.1) is 17.6 Å². The van der Waals surface area contributed by atoms with Crippen molar-refractivity contribution in [2.75, 3.05) is 15.8 Å². The maximum absolute atomic E-state index is 12.1. The molecule has 1 aromatic heterocycles. The van der Waals surface area contributed by atoms with Crippen LogP contribution in [0.25, 0.3) is 0 Å². The van der Waals surface area contributed by atoms with Gasteiger partial charge >= 0.3 is 0 Å². The minimum absolute atomic E-state index is 0.0920. The predicted molar refractivity (Wildman–Crippen MR) is 99.8 cm³/mol. The van der Waals surface area contributed by atoms with Gasteiger partial charge in [0.25, 0.3) is 0 Å². The third-order valence-corrected chi connectivity index (χ3v) is 5.14. The van der Waals surface area contributed by atoms with Gasteiger partial charge in [-0.2, -0.15) is 0 Å². The Bertz CT molecular complexity index is 716. The first-order valence-corrected chi connectivity index (χ1v) is 9.91. The van der Waals surface area contributed by atoms with Gasteiger partial charge < -0.3 is 5.32 Å². The molecule has 0 aliphatic carbocycles. The molecule has 130 valence electrons. The van der Waals surface area contributed by atoms with Gasteiger partial charge in [-0.15, -0.1) is 0 Å². The second kappa shape index (κ2) is 8.68. The second-order valence-corrected chi connectivity index (χ2v) is 7.74. The normalized spacial score (nSPS) is 12.6. The lowest BCUT2D eigenvalue weighted by molar-refractivity contribution is 0.598. The van der Waals surface area contributed by atoms with Gasteiger partial charge in [0.1, 0.15) is 5.82 Å². The molecule has 2 rings (SSSR count). The zero-order valence-electron chi connectivity index (χ0n) is 14.2. The van der Waals surface area contributed by atoms with Crippen molar-refractivity contribution in [2.45, 2.75) is 39.2 Å². The van der Waals surface area contributed by atoms with Crippen molar-refractivity contribution >= 4 is 21.5 Å². The predicted octanol–water partition coefficient (Wildman–Crippen LogP) is 3.67. The quantitative estimate of drug-likeness (QED) is 0.726. The fourth-order valence-corrected chi connectivity index (χ4v) is 3.34. The smallest absolute Gasteiger partial charge is 0.232 e. The van der Waals surface area contributed by atoms with Crippen LogP contribution in [-0.4, -0.2) is 25.2 Å². The maximum atomic E-state index is 12.1. The summed E-state index contributed by atoms with van der Waals surface area (Å²) in [5.41, 5.74) is 1.64. The molecule has 6 heteroatoms. The van der Waals surface area contributed by atoms with E-state index in [2.05, 4.69) is 28.9 Å². The van der Waals surface area contributed by atoms with E-state index in [-0.39, 0.29) is 5.75 Å². The van der Waals surface area contributed by atoms with Crippen LogP contribution < -0.4 is 10.0 Å². The monoisotopic (exact) mass is 347 g/mol. The molecule has 0 aliphatic rings. The van der Waals surface area contributed by atoms with Crippen molar-refractivity contribution in [3.05, 3.63) is 54.2 Å². The molecular weight excluding hydrogens is 322 g/mol. The summed E-state index contributed by atoms with van der Waals surface area (Å²) in [6.45, 7) is 4.17. The first-order chi connectivity index (χ1) is 11.5. The van der Waals surface area contributed by atoms with Crippen LogP contribution in [0.2, 0.25) is 0 Å². The van der Waals surface area contributed by atoms with E-state index in [0.29, 0.717) is 18.2 Å². The summed E-state index contributed by atoms with van der Waals surface area (Å²) < 4.78 is 26.9. The lowest BCUT2D eigenvalue weighted by Gasteiger charge is -2.13. The Morgan fingerprint density at radius 2 is 1.88 bits per heavy atom. The van der Waals surface area contributed by atoms with E-state index in [1.807, 2.05) is 30.3 Å². The molecule has 0 radical (unpaired) electrons. The van der Waals surface area contributed by atoms with E-state index < -0.39 is 10.0 Å². The molecule has 5 nitrogen and oxygen atoms in total. The summed E-state index contributed by atoms with van der Waals surface area (Å²) in [7, 11) is -3.36. The fraction of sp³-hybridized carbons (Fsp3) is 0.389. The van der Waals surface area contributed by atoms with E-state index in [1.54, 1.807) is 18.3 Å². The number of hydrogen-bond donors (Lipinski definition) is 2. The maximum Gasteiger partial charge on any atom is 0.232 e. The third kappa shape index (κ3) is 6.20. The first-order valence-electron chi connectivity index (χ1n) is 8.25. The van der Waals surface area contributed by atoms with Crippen LogP contribution in [0, 0.1) is 0 Å². The number of anilines is 2. The molecule has 0 spiro atoms. The molecular formula is C18H25N3O2S. The van der Waals surface area contributed by atoms with Crippen LogP contribution in [0.15, 0.2) is 48.7 Å². The Morgan fingerprint density at radius 1 is 1.12 bits per heavy atom. The number of hydrogen-bond acceptors (Lipinski definition) is 4. The second-order valence-electron chi connectivity index (χ2n) is 5.90. The summed E-state index contributed by atoms with van der Waals surface area (Å²) in [5, 5.41) is 3.25. The van der Waals surface area contributed by atoms with Gasteiger partial charge in [0, 0.05) is 6.04 Å². The molecule has 24 heavy (non-hydrogen) atoms. The zero-order valence-corrected chi connectivity index (χ0v) is 15.0. The van der Waals surface area contributed by atoms with Gasteiger partial charge in [-0.3, -0.25) is 4.72 Å². The largest absolute Gasteiger partial charge is 0.368 e. The number of pyridine rings is 1. The fourth-order valence-electron chi connectivity index (χ4n) is 2.24. The van der Waals surface area contributed by atoms with Crippen molar-refractivity contribution < 1.29 is 8.42 Å². The lowest BCUT2D eigenvalue weighted by atomic mass is 10.1. The molecule has 0 fully saturated rings. The van der Waals surface area contributed by atoms with Crippen molar-refractivity contribution in [1.82, 2.24) is 4.98 Å². The molecule has 1 atom stereocenters. The highest BCUT2D eigenvalue weighted by Crippen LogP contribution is 2.13. The highest BCUT2D eigenvalue weighted by molar-refractivity contribution is 7.92. The number of nitrogens with zero attached hydrogens (tertiary/aromatic N) is 1. The van der Waals surface area contributed by atoms with Gasteiger partial charge in [-0.05, 0) is 43.9 Å². The van der Waals surface area contributed by atoms with E-state index >= 15 is 0 Å². The summed E-state index contributed by atoms with van der Waals surface area (Å²) in [6, 6.07) is 13.7. The average molecular weight is 347 g/mol. The van der Waals surface area contributed by atoms with Crippen LogP contribution in [-0.2, 0) is 16.4 Å². The van der Waals surface area contributed by atoms with Crippen LogP contribution in [0.5, 0.6) is 0 Å². The molecule has 1 heterocycles. The van der Waals surface area contributed by atoms with Crippen molar-refractivity contribution in [2.24, 2.45) is 0 Å². The Hall–Kier alpha value is -2.08. The lowest BCUT2D eigenvalue weighted by Crippen LogP contribution is -2.18. The molecule has 2 N–H and O–H groups in total. The Kier molecular flexibility index (Phi) is 6.61. The summed E-state index contributed by atoms with van der Waals surface area (Å²) in [5.74, 6) is 0.839. The third-order valence-electron chi connectivity index (χ3n) is 3.76. The van der Waals surface area contributed by atoms with E-state index in [9.17, 15) is 8.42 Å². The van der Waals surface area contributed by atoms with Gasteiger partial charge in [-0.1, -0.05) is 37.3 Å². The Morgan fingerprint density at radius 3 is 2.50 bits per heavy atom. The van der Waals surface area contributed by atoms with Crippen molar-refractivity contribution in [3.8, 4) is 0 Å². The highest BCUT2D eigenvalue weighted by atomic mass is 32.2. The number of aryl methyl sites for hydroxylation is 1. The summed E-state index contributed by atoms with van der Waals surface area (Å²) in [6.07, 6.45) is 3.87.